The van der Waals surface area contributed by atoms with Crippen LogP contribution in [0.3, 0.4) is 0 Å². The van der Waals surface area contributed by atoms with Gasteiger partial charge in [-0.05, 0) is 37.1 Å². The molecule has 0 atom stereocenters. The Morgan fingerprint density at radius 3 is 2.09 bits per heavy atom. The smallest absolute Gasteiger partial charge is 0.270 e. The van der Waals surface area contributed by atoms with Gasteiger partial charge in [-0.3, -0.25) is 4.79 Å². The predicted octanol–water partition coefficient (Wildman–Crippen LogP) is 3.76. The molecule has 1 amide bonds. The van der Waals surface area contributed by atoms with E-state index in [1.165, 1.54) is 12.1 Å². The fraction of sp³-hybridized carbons (Fsp3) is 0.278. The summed E-state index contributed by atoms with van der Waals surface area (Å²) in [5.41, 5.74) is 1.32. The number of hydrogen-bond donors (Lipinski definition) is 0. The molecule has 0 spiro atoms. The van der Waals surface area contributed by atoms with Crippen molar-refractivity contribution < 1.29 is 13.2 Å². The topological polar surface area (TPSA) is 54.5 Å². The predicted molar refractivity (Wildman–Crippen MR) is 91.7 cm³/mol. The first-order valence-electron chi connectivity index (χ1n) is 7.52. The van der Waals surface area contributed by atoms with E-state index in [2.05, 4.69) is 0 Å². The molecule has 4 nitrogen and oxygen atoms in total. The van der Waals surface area contributed by atoms with Gasteiger partial charge in [0, 0.05) is 6.42 Å². The molecule has 0 heterocycles. The summed E-state index contributed by atoms with van der Waals surface area (Å²) in [6.45, 7) is 5.66. The Labute approximate surface area is 137 Å². The Hall–Kier alpha value is -2.14. The van der Waals surface area contributed by atoms with Crippen LogP contribution in [0, 0.1) is 12.8 Å². The maximum atomic E-state index is 13.0. The molecule has 0 radical (unpaired) electrons. The van der Waals surface area contributed by atoms with E-state index in [9.17, 15) is 13.2 Å². The van der Waals surface area contributed by atoms with Gasteiger partial charge in [0.05, 0.1) is 10.6 Å². The molecule has 0 aliphatic rings. The van der Waals surface area contributed by atoms with Gasteiger partial charge < -0.3 is 0 Å². The highest BCUT2D eigenvalue weighted by atomic mass is 32.2. The summed E-state index contributed by atoms with van der Waals surface area (Å²) in [7, 11) is -3.93. The Bertz CT molecular complexity index is 766. The number of rotatable bonds is 5. The Balaban J connectivity index is 2.52. The first-order chi connectivity index (χ1) is 10.8. The number of para-hydroxylation sites is 1. The largest absolute Gasteiger partial charge is 0.273 e. The molecule has 23 heavy (non-hydrogen) atoms. The third-order valence-electron chi connectivity index (χ3n) is 3.36. The molecule has 0 bridgehead atoms. The number of aryl methyl sites for hydroxylation is 1. The maximum Gasteiger partial charge on any atom is 0.270 e. The summed E-state index contributed by atoms with van der Waals surface area (Å²) in [6.07, 6.45) is 0.167. The van der Waals surface area contributed by atoms with Crippen LogP contribution in [0.25, 0.3) is 0 Å². The minimum atomic E-state index is -3.93. The van der Waals surface area contributed by atoms with Gasteiger partial charge in [0.2, 0.25) is 5.91 Å². The summed E-state index contributed by atoms with van der Waals surface area (Å²) in [5.74, 6) is -0.353. The van der Waals surface area contributed by atoms with Crippen LogP contribution in [-0.2, 0) is 14.8 Å². The number of hydrogen-bond acceptors (Lipinski definition) is 3. The molecule has 2 aromatic rings. The number of sulfonamides is 1. The highest BCUT2D eigenvalue weighted by molar-refractivity contribution is 7.93. The Morgan fingerprint density at radius 2 is 1.57 bits per heavy atom. The summed E-state index contributed by atoms with van der Waals surface area (Å²) in [5, 5.41) is 0. The molecule has 0 saturated heterocycles. The SMILES string of the molecule is Cc1ccc(S(=O)(=O)N(C(=O)CC(C)C)c2ccccc2)cc1. The molecule has 0 aliphatic heterocycles. The van der Waals surface area contributed by atoms with Gasteiger partial charge >= 0.3 is 0 Å². The van der Waals surface area contributed by atoms with Crippen LogP contribution in [0.4, 0.5) is 5.69 Å². The number of carbonyl (C=O) groups excluding carboxylic acids is 1. The van der Waals surface area contributed by atoms with Crippen LogP contribution >= 0.6 is 0 Å². The van der Waals surface area contributed by atoms with E-state index in [-0.39, 0.29) is 17.2 Å². The molecule has 0 N–H and O–H groups in total. The third kappa shape index (κ3) is 3.99. The normalized spacial score (nSPS) is 11.5. The van der Waals surface area contributed by atoms with Gasteiger partial charge in [0.1, 0.15) is 0 Å². The van der Waals surface area contributed by atoms with Gasteiger partial charge in [0.15, 0.2) is 0 Å². The lowest BCUT2D eigenvalue weighted by Crippen LogP contribution is -2.37. The summed E-state index contributed by atoms with van der Waals surface area (Å²) in [4.78, 5) is 12.7. The molecule has 122 valence electrons. The van der Waals surface area contributed by atoms with Crippen LogP contribution in [0.15, 0.2) is 59.5 Å². The van der Waals surface area contributed by atoms with Crippen molar-refractivity contribution >= 4 is 21.6 Å². The lowest BCUT2D eigenvalue weighted by atomic mass is 10.1. The van der Waals surface area contributed by atoms with Crippen LogP contribution in [0.2, 0.25) is 0 Å². The summed E-state index contributed by atoms with van der Waals surface area (Å²) < 4.78 is 26.9. The zero-order valence-electron chi connectivity index (χ0n) is 13.6. The van der Waals surface area contributed by atoms with Crippen molar-refractivity contribution in [3.63, 3.8) is 0 Å². The molecule has 5 heteroatoms. The second-order valence-corrected chi connectivity index (χ2v) is 7.70. The molecule has 0 saturated carbocycles. The highest BCUT2D eigenvalue weighted by Gasteiger charge is 2.30. The standard InChI is InChI=1S/C18H21NO3S/c1-14(2)13-18(20)19(16-7-5-4-6-8-16)23(21,22)17-11-9-15(3)10-12-17/h4-12,14H,13H2,1-3H3. The average Bonchev–Trinajstić information content (AvgIpc) is 2.47. The first kappa shape index (κ1) is 17.2. The van der Waals surface area contributed by atoms with Crippen LogP contribution < -0.4 is 4.31 Å². The van der Waals surface area contributed by atoms with Gasteiger partial charge in [-0.15, -0.1) is 0 Å². The van der Waals surface area contributed by atoms with Crippen molar-refractivity contribution in [1.82, 2.24) is 0 Å². The van der Waals surface area contributed by atoms with Crippen molar-refractivity contribution in [1.29, 1.82) is 0 Å². The molecular weight excluding hydrogens is 310 g/mol. The van der Waals surface area contributed by atoms with Crippen LogP contribution in [0.1, 0.15) is 25.8 Å². The zero-order valence-corrected chi connectivity index (χ0v) is 14.4. The zero-order chi connectivity index (χ0) is 17.0. The van der Waals surface area contributed by atoms with Crippen molar-refractivity contribution in [2.45, 2.75) is 32.1 Å². The van der Waals surface area contributed by atoms with E-state index in [1.54, 1.807) is 42.5 Å². The van der Waals surface area contributed by atoms with E-state index >= 15 is 0 Å². The third-order valence-corrected chi connectivity index (χ3v) is 5.12. The molecule has 2 aromatic carbocycles. The lowest BCUT2D eigenvalue weighted by molar-refractivity contribution is -0.118. The minimum Gasteiger partial charge on any atom is -0.273 e. The van der Waals surface area contributed by atoms with Crippen LogP contribution in [0.5, 0.6) is 0 Å². The second kappa shape index (κ2) is 6.96. The van der Waals surface area contributed by atoms with Crippen molar-refractivity contribution in [3.05, 3.63) is 60.2 Å². The molecule has 0 aromatic heterocycles. The Kier molecular flexibility index (Phi) is 5.21. The monoisotopic (exact) mass is 331 g/mol. The van der Waals surface area contributed by atoms with Crippen LogP contribution in [-0.4, -0.2) is 14.3 Å². The van der Waals surface area contributed by atoms with Gasteiger partial charge in [-0.2, -0.15) is 0 Å². The van der Waals surface area contributed by atoms with E-state index in [0.717, 1.165) is 9.87 Å². The van der Waals surface area contributed by atoms with Gasteiger partial charge in [0.25, 0.3) is 10.0 Å². The van der Waals surface area contributed by atoms with Gasteiger partial charge in [-0.25, -0.2) is 12.7 Å². The fourth-order valence-electron chi connectivity index (χ4n) is 2.23. The Morgan fingerprint density at radius 1 is 1.00 bits per heavy atom. The van der Waals surface area contributed by atoms with E-state index < -0.39 is 15.9 Å². The van der Waals surface area contributed by atoms with E-state index in [0.29, 0.717) is 5.69 Å². The van der Waals surface area contributed by atoms with Gasteiger partial charge in [-0.1, -0.05) is 49.7 Å². The molecule has 0 aliphatic carbocycles. The molecule has 0 fully saturated rings. The van der Waals surface area contributed by atoms with Crippen molar-refractivity contribution in [2.75, 3.05) is 4.31 Å². The minimum absolute atomic E-state index is 0.0712. The molecule has 2 rings (SSSR count). The summed E-state index contributed by atoms with van der Waals surface area (Å²) >= 11 is 0. The highest BCUT2D eigenvalue weighted by Crippen LogP contribution is 2.25. The van der Waals surface area contributed by atoms with Crippen molar-refractivity contribution in [3.8, 4) is 0 Å². The maximum absolute atomic E-state index is 13.0. The average molecular weight is 331 g/mol. The quantitative estimate of drug-likeness (QED) is 0.838. The fourth-order valence-corrected chi connectivity index (χ4v) is 3.66. The van der Waals surface area contributed by atoms with E-state index in [4.69, 9.17) is 0 Å². The summed E-state index contributed by atoms with van der Waals surface area (Å²) in [6, 6.07) is 15.0. The van der Waals surface area contributed by atoms with E-state index in [1.807, 2.05) is 20.8 Å². The molecular formula is C18H21NO3S. The number of amides is 1. The molecule has 0 unspecified atom stereocenters. The number of benzene rings is 2. The number of anilines is 1. The lowest BCUT2D eigenvalue weighted by Gasteiger charge is -2.23. The first-order valence-corrected chi connectivity index (χ1v) is 8.96. The number of carbonyl (C=O) groups is 1. The van der Waals surface area contributed by atoms with Crippen molar-refractivity contribution in [2.24, 2.45) is 5.92 Å². The number of nitrogens with zero attached hydrogens (tertiary/aromatic N) is 1. The second-order valence-electron chi connectivity index (χ2n) is 5.91.